The number of Topliss-reactive ketones (excluding diaryl/α,β-unsaturated/α-hetero) is 1. The SMILES string of the molecule is CCC(=O)c1ccc2c(c1)S(=O)C=N2. The van der Waals surface area contributed by atoms with Gasteiger partial charge in [-0.15, -0.1) is 0 Å². The maximum atomic E-state index is 11.4. The largest absolute Gasteiger partial charge is 0.294 e. The summed E-state index contributed by atoms with van der Waals surface area (Å²) >= 11 is 0. The van der Waals surface area contributed by atoms with E-state index in [0.29, 0.717) is 22.6 Å². The van der Waals surface area contributed by atoms with E-state index in [0.717, 1.165) is 0 Å². The highest BCUT2D eigenvalue weighted by atomic mass is 32.2. The Labute approximate surface area is 84.3 Å². The summed E-state index contributed by atoms with van der Waals surface area (Å²) in [5.74, 6) is 0.0664. The molecule has 0 spiro atoms. The summed E-state index contributed by atoms with van der Waals surface area (Å²) in [7, 11) is -1.17. The number of nitrogens with zero attached hydrogens (tertiary/aromatic N) is 1. The van der Waals surface area contributed by atoms with Crippen molar-refractivity contribution < 1.29 is 9.00 Å². The summed E-state index contributed by atoms with van der Waals surface area (Å²) < 4.78 is 11.4. The Balaban J connectivity index is 2.47. The first-order valence-electron chi connectivity index (χ1n) is 4.34. The van der Waals surface area contributed by atoms with E-state index in [2.05, 4.69) is 4.99 Å². The second-order valence-corrected chi connectivity index (χ2v) is 4.24. The van der Waals surface area contributed by atoms with Crippen LogP contribution in [-0.2, 0) is 10.8 Å². The fourth-order valence-corrected chi connectivity index (χ4v) is 2.21. The van der Waals surface area contributed by atoms with Crippen LogP contribution < -0.4 is 0 Å². The lowest BCUT2D eigenvalue weighted by molar-refractivity contribution is 0.0988. The minimum absolute atomic E-state index is 0.0664. The molecule has 3 nitrogen and oxygen atoms in total. The Morgan fingerprint density at radius 3 is 3.00 bits per heavy atom. The number of benzene rings is 1. The molecule has 0 saturated heterocycles. The third-order valence-electron chi connectivity index (χ3n) is 2.11. The normalized spacial score (nSPS) is 18.2. The van der Waals surface area contributed by atoms with Crippen LogP contribution in [0.15, 0.2) is 28.1 Å². The molecule has 1 aliphatic rings. The molecule has 1 aromatic carbocycles. The molecule has 0 amide bonds. The third-order valence-corrected chi connectivity index (χ3v) is 3.16. The quantitative estimate of drug-likeness (QED) is 0.697. The van der Waals surface area contributed by atoms with Gasteiger partial charge in [-0.3, -0.25) is 4.79 Å². The zero-order valence-electron chi connectivity index (χ0n) is 7.69. The van der Waals surface area contributed by atoms with Crippen LogP contribution in [0.2, 0.25) is 0 Å². The van der Waals surface area contributed by atoms with Crippen molar-refractivity contribution in [3.05, 3.63) is 23.8 Å². The molecule has 14 heavy (non-hydrogen) atoms. The zero-order chi connectivity index (χ0) is 10.1. The van der Waals surface area contributed by atoms with Crippen LogP contribution in [0.5, 0.6) is 0 Å². The first-order chi connectivity index (χ1) is 6.72. The lowest BCUT2D eigenvalue weighted by Gasteiger charge is -2.00. The molecule has 0 N–H and O–H groups in total. The maximum Gasteiger partial charge on any atom is 0.162 e. The Hall–Kier alpha value is -1.29. The molecule has 1 unspecified atom stereocenters. The molecule has 1 aromatic rings. The van der Waals surface area contributed by atoms with E-state index in [-0.39, 0.29) is 5.78 Å². The number of carbonyl (C=O) groups excluding carboxylic acids is 1. The van der Waals surface area contributed by atoms with Crippen molar-refractivity contribution in [2.45, 2.75) is 18.2 Å². The summed E-state index contributed by atoms with van der Waals surface area (Å²) in [6, 6.07) is 5.13. The minimum atomic E-state index is -1.17. The van der Waals surface area contributed by atoms with Crippen LogP contribution in [0.4, 0.5) is 5.69 Å². The molecule has 0 aliphatic carbocycles. The molecule has 0 radical (unpaired) electrons. The van der Waals surface area contributed by atoms with Crippen molar-refractivity contribution in [2.75, 3.05) is 0 Å². The lowest BCUT2D eigenvalue weighted by Crippen LogP contribution is -1.97. The van der Waals surface area contributed by atoms with Gasteiger partial charge in [-0.05, 0) is 18.2 Å². The molecule has 0 fully saturated rings. The van der Waals surface area contributed by atoms with E-state index < -0.39 is 10.8 Å². The number of rotatable bonds is 2. The van der Waals surface area contributed by atoms with Gasteiger partial charge in [-0.1, -0.05) is 6.92 Å². The fourth-order valence-electron chi connectivity index (χ4n) is 1.32. The van der Waals surface area contributed by atoms with Gasteiger partial charge in [-0.25, -0.2) is 9.20 Å². The molecule has 2 rings (SSSR count). The highest BCUT2D eigenvalue weighted by Crippen LogP contribution is 2.28. The van der Waals surface area contributed by atoms with Gasteiger partial charge in [0.15, 0.2) is 5.78 Å². The molecule has 0 aromatic heterocycles. The summed E-state index contributed by atoms with van der Waals surface area (Å²) in [4.78, 5) is 16.0. The van der Waals surface area contributed by atoms with Gasteiger partial charge in [-0.2, -0.15) is 0 Å². The van der Waals surface area contributed by atoms with Gasteiger partial charge in [0.2, 0.25) is 0 Å². The molecular weight excluding hydrogens is 198 g/mol. The van der Waals surface area contributed by atoms with Gasteiger partial charge in [0.05, 0.1) is 26.9 Å². The molecule has 1 aliphatic heterocycles. The van der Waals surface area contributed by atoms with Gasteiger partial charge < -0.3 is 0 Å². The summed E-state index contributed by atoms with van der Waals surface area (Å²) in [6.45, 7) is 1.81. The summed E-state index contributed by atoms with van der Waals surface area (Å²) in [5.41, 5.74) is 2.71. The van der Waals surface area contributed by atoms with Crippen LogP contribution in [0.1, 0.15) is 23.7 Å². The number of carbonyl (C=O) groups is 1. The van der Waals surface area contributed by atoms with E-state index in [1.807, 2.05) is 6.92 Å². The third kappa shape index (κ3) is 1.42. The molecule has 4 heteroatoms. The Bertz CT molecular complexity index is 451. The van der Waals surface area contributed by atoms with Crippen LogP contribution in [-0.4, -0.2) is 15.5 Å². The van der Waals surface area contributed by atoms with Gasteiger partial charge >= 0.3 is 0 Å². The van der Waals surface area contributed by atoms with Crippen molar-refractivity contribution in [1.82, 2.24) is 0 Å². The van der Waals surface area contributed by atoms with E-state index in [1.165, 1.54) is 5.55 Å². The van der Waals surface area contributed by atoms with Crippen LogP contribution in [0.25, 0.3) is 0 Å². The van der Waals surface area contributed by atoms with Crippen molar-refractivity contribution >= 4 is 27.8 Å². The average molecular weight is 207 g/mol. The van der Waals surface area contributed by atoms with Crippen molar-refractivity contribution in [1.29, 1.82) is 0 Å². The number of ketones is 1. The summed E-state index contributed by atoms with van der Waals surface area (Å²) in [6.07, 6.45) is 0.465. The smallest absolute Gasteiger partial charge is 0.162 e. The van der Waals surface area contributed by atoms with Crippen molar-refractivity contribution in [3.8, 4) is 0 Å². The van der Waals surface area contributed by atoms with Crippen LogP contribution in [0.3, 0.4) is 0 Å². The van der Waals surface area contributed by atoms with Crippen molar-refractivity contribution in [3.63, 3.8) is 0 Å². The first kappa shape index (κ1) is 9.27. The molecule has 0 saturated carbocycles. The van der Waals surface area contributed by atoms with Crippen molar-refractivity contribution in [2.24, 2.45) is 4.99 Å². The van der Waals surface area contributed by atoms with Gasteiger partial charge in [0.1, 0.15) is 0 Å². The molecule has 1 atom stereocenters. The predicted octanol–water partition coefficient (Wildman–Crippen LogP) is 2.06. The highest BCUT2D eigenvalue weighted by Gasteiger charge is 2.15. The van der Waals surface area contributed by atoms with Gasteiger partial charge in [0.25, 0.3) is 0 Å². The Kier molecular flexibility index (Phi) is 2.29. The molecular formula is C10H9NO2S. The molecule has 1 heterocycles. The second-order valence-electron chi connectivity index (χ2n) is 2.99. The molecule has 0 bridgehead atoms. The van der Waals surface area contributed by atoms with Crippen LogP contribution in [0, 0.1) is 0 Å². The maximum absolute atomic E-state index is 11.4. The Morgan fingerprint density at radius 2 is 2.29 bits per heavy atom. The van der Waals surface area contributed by atoms with E-state index in [1.54, 1.807) is 18.2 Å². The average Bonchev–Trinajstić information content (AvgIpc) is 2.59. The topological polar surface area (TPSA) is 46.5 Å². The predicted molar refractivity (Wildman–Crippen MR) is 55.6 cm³/mol. The lowest BCUT2D eigenvalue weighted by atomic mass is 10.1. The molecule has 72 valence electrons. The summed E-state index contributed by atoms with van der Waals surface area (Å²) in [5, 5.41) is 0. The second kappa shape index (κ2) is 3.46. The minimum Gasteiger partial charge on any atom is -0.294 e. The highest BCUT2D eigenvalue weighted by molar-refractivity contribution is 7.99. The van der Waals surface area contributed by atoms with Gasteiger partial charge in [0, 0.05) is 12.0 Å². The Morgan fingerprint density at radius 1 is 1.50 bits per heavy atom. The van der Waals surface area contributed by atoms with E-state index in [9.17, 15) is 9.00 Å². The fraction of sp³-hybridized carbons (Fsp3) is 0.200. The standard InChI is InChI=1S/C10H9NO2S/c1-2-9(12)7-3-4-8-10(5-7)14(13)6-11-8/h3-6H,2H2,1H3. The number of fused-ring (bicyclic) bond motifs is 1. The first-order valence-corrected chi connectivity index (χ1v) is 5.55. The number of hydrogen-bond acceptors (Lipinski definition) is 3. The zero-order valence-corrected chi connectivity index (χ0v) is 8.50. The van der Waals surface area contributed by atoms with E-state index in [4.69, 9.17) is 0 Å². The monoisotopic (exact) mass is 207 g/mol. The number of hydrogen-bond donors (Lipinski definition) is 0. The number of aliphatic imine (C=N–C) groups is 1. The van der Waals surface area contributed by atoms with Crippen LogP contribution >= 0.6 is 0 Å². The van der Waals surface area contributed by atoms with E-state index >= 15 is 0 Å².